The van der Waals surface area contributed by atoms with Crippen LogP contribution in [0.4, 0.5) is 0 Å². The predicted octanol–water partition coefficient (Wildman–Crippen LogP) is 3.52. The summed E-state index contributed by atoms with van der Waals surface area (Å²) in [6.45, 7) is 0. The Morgan fingerprint density at radius 3 is 1.69 bits per heavy atom. The van der Waals surface area contributed by atoms with Crippen LogP contribution in [-0.2, 0) is 21.5 Å². The summed E-state index contributed by atoms with van der Waals surface area (Å²) in [6, 6.07) is 10.9. The van der Waals surface area contributed by atoms with Gasteiger partial charge in [0.25, 0.3) is 0 Å². The van der Waals surface area contributed by atoms with Gasteiger partial charge in [-0.1, -0.05) is 0 Å². The zero-order valence-corrected chi connectivity index (χ0v) is 17.6. The van der Waals surface area contributed by atoms with E-state index in [9.17, 15) is 0 Å². The van der Waals surface area contributed by atoms with Crippen LogP contribution in [0.5, 0.6) is 0 Å². The molecule has 0 radical (unpaired) electrons. The first kappa shape index (κ1) is 12.7. The summed E-state index contributed by atoms with van der Waals surface area (Å²) < 4.78 is 5.18. The molecule has 0 saturated carbocycles. The van der Waals surface area contributed by atoms with E-state index in [1.54, 1.807) is 3.07 Å². The molecule has 1 aromatic rings. The van der Waals surface area contributed by atoms with E-state index in [1.807, 2.05) is 0 Å². The quantitative estimate of drug-likeness (QED) is 0.392. The SMILES string of the molecule is Br[CH2][Hg]([CH2]Br)([CH2]Br)[c]1ccccc1. The van der Waals surface area contributed by atoms with Gasteiger partial charge < -0.3 is 0 Å². The van der Waals surface area contributed by atoms with Crippen molar-refractivity contribution in [3.8, 4) is 0 Å². The second-order valence-corrected chi connectivity index (χ2v) is 46.4. The van der Waals surface area contributed by atoms with Crippen LogP contribution in [0.2, 0.25) is 0 Å². The Bertz CT molecular complexity index is 238. The van der Waals surface area contributed by atoms with Gasteiger partial charge in [0, 0.05) is 0 Å². The minimum absolute atomic E-state index is 1.19. The molecule has 0 saturated heterocycles. The van der Waals surface area contributed by atoms with Gasteiger partial charge in [-0.15, -0.1) is 0 Å². The van der Waals surface area contributed by atoms with E-state index in [2.05, 4.69) is 78.1 Å². The molecule has 1 aromatic carbocycles. The van der Waals surface area contributed by atoms with E-state index in [0.29, 0.717) is 0 Å². The standard InChI is InChI=1S/C6H5.3CH2Br.Hg/c1-2-4-6-5-3-1;3*1-2;/h1-5H;3*1H2;. The normalized spacial score (nSPS) is 10.4. The van der Waals surface area contributed by atoms with Crippen molar-refractivity contribution in [2.75, 3.05) is 8.52 Å². The maximum atomic E-state index is 3.68. The number of rotatable bonds is 4. The fourth-order valence-corrected chi connectivity index (χ4v) is 56.7. The minimum atomic E-state index is -2.40. The maximum absolute atomic E-state index is 3.68. The molecule has 0 unspecified atom stereocenters. The molecule has 0 aromatic heterocycles. The molecule has 0 amide bonds. The van der Waals surface area contributed by atoms with Crippen LogP contribution < -0.4 is 3.07 Å². The molecule has 4 heteroatoms. The average molecular weight is 559 g/mol. The third-order valence-electron chi connectivity index (χ3n) is 2.79. The topological polar surface area (TPSA) is 0 Å². The van der Waals surface area contributed by atoms with Gasteiger partial charge in [-0.05, 0) is 0 Å². The molecule has 0 spiro atoms. The van der Waals surface area contributed by atoms with Crippen LogP contribution in [-0.4, -0.2) is 8.52 Å². The Hall–Kier alpha value is 1.60. The van der Waals surface area contributed by atoms with Crippen molar-refractivity contribution in [1.82, 2.24) is 0 Å². The van der Waals surface area contributed by atoms with Crippen LogP contribution in [0.3, 0.4) is 0 Å². The monoisotopic (exact) mass is 558 g/mol. The first-order valence-electron chi connectivity index (χ1n) is 4.57. The summed E-state index contributed by atoms with van der Waals surface area (Å²) in [4.78, 5) is 0. The van der Waals surface area contributed by atoms with Crippen molar-refractivity contribution in [3.05, 3.63) is 30.3 Å². The van der Waals surface area contributed by atoms with Crippen molar-refractivity contribution < 1.29 is 21.5 Å². The number of alkyl halides is 3. The molecule has 0 fully saturated rings. The van der Waals surface area contributed by atoms with Gasteiger partial charge in [-0.3, -0.25) is 0 Å². The number of halogens is 3. The molecule has 0 aliphatic carbocycles. The van der Waals surface area contributed by atoms with Crippen LogP contribution in [0.1, 0.15) is 0 Å². The van der Waals surface area contributed by atoms with Gasteiger partial charge in [0.2, 0.25) is 0 Å². The van der Waals surface area contributed by atoms with Gasteiger partial charge in [0.1, 0.15) is 0 Å². The van der Waals surface area contributed by atoms with E-state index < -0.39 is 21.5 Å². The Morgan fingerprint density at radius 1 is 0.846 bits per heavy atom. The Kier molecular flexibility index (Phi) is 6.08. The van der Waals surface area contributed by atoms with Crippen LogP contribution in [0.25, 0.3) is 0 Å². The van der Waals surface area contributed by atoms with Crippen molar-refractivity contribution in [2.24, 2.45) is 0 Å². The van der Waals surface area contributed by atoms with Crippen LogP contribution in [0, 0.1) is 0 Å². The van der Waals surface area contributed by atoms with E-state index in [1.165, 1.54) is 8.52 Å². The fraction of sp³-hybridized carbons (Fsp3) is 0.333. The van der Waals surface area contributed by atoms with Crippen molar-refractivity contribution in [3.63, 3.8) is 0 Å². The number of hydrogen-bond donors (Lipinski definition) is 0. The fourth-order valence-electron chi connectivity index (χ4n) is 1.46. The third-order valence-corrected chi connectivity index (χ3v) is 59.8. The summed E-state index contributed by atoms with van der Waals surface area (Å²) >= 11 is 8.62. The van der Waals surface area contributed by atoms with E-state index >= 15 is 0 Å². The van der Waals surface area contributed by atoms with Crippen molar-refractivity contribution >= 4 is 50.9 Å². The molecule has 70 valence electrons. The van der Waals surface area contributed by atoms with E-state index in [-0.39, 0.29) is 0 Å². The van der Waals surface area contributed by atoms with E-state index in [4.69, 9.17) is 0 Å². The Balaban J connectivity index is 3.01. The molecular formula is C9H11Br3Hg. The first-order chi connectivity index (χ1) is 6.29. The van der Waals surface area contributed by atoms with Crippen molar-refractivity contribution in [1.29, 1.82) is 0 Å². The zero-order chi connectivity index (χ0) is 9.73. The van der Waals surface area contributed by atoms with Gasteiger partial charge in [-0.2, -0.15) is 0 Å². The first-order valence-corrected chi connectivity index (χ1v) is 22.3. The van der Waals surface area contributed by atoms with Crippen LogP contribution in [0.15, 0.2) is 30.3 Å². The zero-order valence-electron chi connectivity index (χ0n) is 7.35. The predicted molar refractivity (Wildman–Crippen MR) is 67.5 cm³/mol. The Labute approximate surface area is 110 Å². The summed E-state index contributed by atoms with van der Waals surface area (Å²) in [5.74, 6) is 0. The molecule has 0 aliphatic rings. The summed E-state index contributed by atoms with van der Waals surface area (Å²) in [7, 11) is 0. The number of hydrogen-bond acceptors (Lipinski definition) is 0. The van der Waals surface area contributed by atoms with Crippen LogP contribution >= 0.6 is 47.8 Å². The number of benzene rings is 1. The molecule has 0 nitrogen and oxygen atoms in total. The van der Waals surface area contributed by atoms with Gasteiger partial charge in [-0.25, -0.2) is 0 Å². The second kappa shape index (κ2) is 6.24. The molecule has 0 heterocycles. The van der Waals surface area contributed by atoms with E-state index in [0.717, 1.165) is 0 Å². The average Bonchev–Trinajstić information content (AvgIpc) is 2.23. The third kappa shape index (κ3) is 3.02. The Morgan fingerprint density at radius 2 is 1.31 bits per heavy atom. The van der Waals surface area contributed by atoms with Gasteiger partial charge >= 0.3 is 111 Å². The second-order valence-electron chi connectivity index (χ2n) is 3.86. The van der Waals surface area contributed by atoms with Gasteiger partial charge in [0.05, 0.1) is 0 Å². The molecule has 0 bridgehead atoms. The molecule has 13 heavy (non-hydrogen) atoms. The summed E-state index contributed by atoms with van der Waals surface area (Å²) in [5, 5.41) is 0. The molecule has 0 aliphatic heterocycles. The molecule has 1 rings (SSSR count). The summed E-state index contributed by atoms with van der Waals surface area (Å²) in [6.07, 6.45) is 0. The van der Waals surface area contributed by atoms with Crippen molar-refractivity contribution in [2.45, 2.75) is 0 Å². The molecule has 0 atom stereocenters. The molecular weight excluding hydrogens is 548 g/mol. The molecule has 0 N–H and O–H groups in total. The summed E-state index contributed by atoms with van der Waals surface area (Å²) in [5.41, 5.74) is 0. The van der Waals surface area contributed by atoms with Gasteiger partial charge in [0.15, 0.2) is 0 Å².